The lowest BCUT2D eigenvalue weighted by Gasteiger charge is -2.24. The maximum Gasteiger partial charge on any atom is 0.407 e. The summed E-state index contributed by atoms with van der Waals surface area (Å²) in [4.78, 5) is 11.8. The number of carbonyl (C=O) groups excluding carboxylic acids is 1. The van der Waals surface area contributed by atoms with Gasteiger partial charge in [-0.25, -0.2) is 4.79 Å². The van der Waals surface area contributed by atoms with Crippen molar-refractivity contribution in [2.45, 2.75) is 83.0 Å². The minimum Gasteiger partial charge on any atom is -0.444 e. The van der Waals surface area contributed by atoms with E-state index in [4.69, 9.17) is 4.74 Å². The molecule has 5 heteroatoms. The summed E-state index contributed by atoms with van der Waals surface area (Å²) in [6.07, 6.45) is 6.19. The molecule has 0 radical (unpaired) electrons. The van der Waals surface area contributed by atoms with Gasteiger partial charge in [0.2, 0.25) is 0 Å². The normalized spacial score (nSPS) is 33.1. The second-order valence-corrected chi connectivity index (χ2v) is 7.50. The van der Waals surface area contributed by atoms with Crippen molar-refractivity contribution in [3.63, 3.8) is 0 Å². The summed E-state index contributed by atoms with van der Waals surface area (Å²) in [5, 5.41) is 16.0. The smallest absolute Gasteiger partial charge is 0.407 e. The molecule has 0 heterocycles. The molecule has 2 aliphatic rings. The van der Waals surface area contributed by atoms with E-state index in [1.807, 2.05) is 20.8 Å². The highest BCUT2D eigenvalue weighted by atomic mass is 16.6. The molecule has 2 saturated carbocycles. The number of hydrogen-bond acceptors (Lipinski definition) is 4. The fourth-order valence-corrected chi connectivity index (χ4v) is 3.52. The van der Waals surface area contributed by atoms with Gasteiger partial charge in [-0.2, -0.15) is 0 Å². The predicted octanol–water partition coefficient (Wildman–Crippen LogP) is 2.18. The molecule has 2 aliphatic carbocycles. The Kier molecular flexibility index (Phi) is 5.49. The van der Waals surface area contributed by atoms with Crippen LogP contribution in [-0.2, 0) is 4.74 Å². The van der Waals surface area contributed by atoms with Crippen LogP contribution in [0.25, 0.3) is 0 Å². The highest BCUT2D eigenvalue weighted by molar-refractivity contribution is 5.68. The van der Waals surface area contributed by atoms with E-state index in [0.717, 1.165) is 32.1 Å². The van der Waals surface area contributed by atoms with E-state index < -0.39 is 5.60 Å². The standard InChI is InChI=1S/C16H30N2O3/c1-16(2,3)21-15(20)18-13-8-7-12(9-13)17-14-6-4-5-11(14)10-19/h11-14,17,19H,4-10H2,1-3H3,(H,18,20). The average molecular weight is 298 g/mol. The zero-order valence-electron chi connectivity index (χ0n) is 13.5. The van der Waals surface area contributed by atoms with E-state index in [2.05, 4.69) is 10.6 Å². The minimum atomic E-state index is -0.446. The Morgan fingerprint density at radius 1 is 1.19 bits per heavy atom. The van der Waals surface area contributed by atoms with Crippen LogP contribution >= 0.6 is 0 Å². The molecule has 3 N–H and O–H groups in total. The first-order chi connectivity index (χ1) is 9.87. The van der Waals surface area contributed by atoms with Crippen molar-refractivity contribution in [1.82, 2.24) is 10.6 Å². The zero-order valence-corrected chi connectivity index (χ0v) is 13.5. The molecule has 4 unspecified atom stereocenters. The maximum absolute atomic E-state index is 11.8. The first kappa shape index (κ1) is 16.6. The number of rotatable bonds is 4. The third-order valence-corrected chi connectivity index (χ3v) is 4.50. The van der Waals surface area contributed by atoms with Gasteiger partial charge >= 0.3 is 6.09 Å². The lowest BCUT2D eigenvalue weighted by atomic mass is 10.0. The molecule has 122 valence electrons. The van der Waals surface area contributed by atoms with Gasteiger partial charge < -0.3 is 20.5 Å². The fraction of sp³-hybridized carbons (Fsp3) is 0.938. The van der Waals surface area contributed by atoms with Crippen molar-refractivity contribution in [1.29, 1.82) is 0 Å². The SMILES string of the molecule is CC(C)(C)OC(=O)NC1CCC(NC2CCCC2CO)C1. The van der Waals surface area contributed by atoms with E-state index in [-0.39, 0.29) is 18.7 Å². The molecule has 0 aromatic rings. The molecule has 0 bridgehead atoms. The van der Waals surface area contributed by atoms with Gasteiger partial charge in [0.15, 0.2) is 0 Å². The molecular formula is C16H30N2O3. The van der Waals surface area contributed by atoms with E-state index in [1.54, 1.807) is 0 Å². The van der Waals surface area contributed by atoms with Crippen LogP contribution < -0.4 is 10.6 Å². The van der Waals surface area contributed by atoms with Crippen LogP contribution in [0, 0.1) is 5.92 Å². The first-order valence-electron chi connectivity index (χ1n) is 8.24. The summed E-state index contributed by atoms with van der Waals surface area (Å²) in [6, 6.07) is 1.09. The molecule has 0 aromatic carbocycles. The third kappa shape index (κ3) is 5.15. The molecule has 0 spiro atoms. The summed E-state index contributed by atoms with van der Waals surface area (Å²) in [5.41, 5.74) is -0.446. The lowest BCUT2D eigenvalue weighted by Crippen LogP contribution is -2.42. The molecule has 2 fully saturated rings. The molecule has 5 nitrogen and oxygen atoms in total. The van der Waals surface area contributed by atoms with Crippen LogP contribution in [0.1, 0.15) is 59.3 Å². The average Bonchev–Trinajstić information content (AvgIpc) is 2.96. The topological polar surface area (TPSA) is 70.6 Å². The van der Waals surface area contributed by atoms with Gasteiger partial charge in [0.25, 0.3) is 0 Å². The second-order valence-electron chi connectivity index (χ2n) is 7.50. The monoisotopic (exact) mass is 298 g/mol. The molecule has 21 heavy (non-hydrogen) atoms. The first-order valence-corrected chi connectivity index (χ1v) is 8.24. The Labute approximate surface area is 127 Å². The summed E-state index contributed by atoms with van der Waals surface area (Å²) >= 11 is 0. The fourth-order valence-electron chi connectivity index (χ4n) is 3.52. The largest absolute Gasteiger partial charge is 0.444 e. The van der Waals surface area contributed by atoms with Crippen molar-refractivity contribution in [2.75, 3.05) is 6.61 Å². The Balaban J connectivity index is 1.72. The number of ether oxygens (including phenoxy) is 1. The van der Waals surface area contributed by atoms with Crippen molar-refractivity contribution >= 4 is 6.09 Å². The quantitative estimate of drug-likeness (QED) is 0.744. The van der Waals surface area contributed by atoms with Crippen molar-refractivity contribution in [3.8, 4) is 0 Å². The van der Waals surface area contributed by atoms with Crippen molar-refractivity contribution in [2.24, 2.45) is 5.92 Å². The zero-order chi connectivity index (χ0) is 15.5. The van der Waals surface area contributed by atoms with Crippen molar-refractivity contribution in [3.05, 3.63) is 0 Å². The van der Waals surface area contributed by atoms with Crippen LogP contribution in [0.3, 0.4) is 0 Å². The van der Waals surface area contributed by atoms with Gasteiger partial charge in [-0.05, 0) is 58.8 Å². The van der Waals surface area contributed by atoms with Crippen LogP contribution in [0.15, 0.2) is 0 Å². The van der Waals surface area contributed by atoms with Crippen LogP contribution in [0.2, 0.25) is 0 Å². The third-order valence-electron chi connectivity index (χ3n) is 4.50. The van der Waals surface area contributed by atoms with Gasteiger partial charge in [-0.3, -0.25) is 0 Å². The van der Waals surface area contributed by atoms with Crippen LogP contribution in [-0.4, -0.2) is 41.5 Å². The Hall–Kier alpha value is -0.810. The summed E-state index contributed by atoms with van der Waals surface area (Å²) < 4.78 is 5.30. The number of alkyl carbamates (subject to hydrolysis) is 1. The second kappa shape index (κ2) is 6.97. The molecule has 0 aromatic heterocycles. The molecule has 1 amide bonds. The number of nitrogens with one attached hydrogen (secondary N) is 2. The molecular weight excluding hydrogens is 268 g/mol. The van der Waals surface area contributed by atoms with Gasteiger partial charge in [0.05, 0.1) is 0 Å². The summed E-state index contributed by atoms with van der Waals surface area (Å²) in [5.74, 6) is 0.405. The minimum absolute atomic E-state index is 0.200. The maximum atomic E-state index is 11.8. The van der Waals surface area contributed by atoms with E-state index in [1.165, 1.54) is 6.42 Å². The van der Waals surface area contributed by atoms with E-state index in [0.29, 0.717) is 18.0 Å². The number of amides is 1. The molecule has 2 rings (SSSR count). The molecule has 4 atom stereocenters. The van der Waals surface area contributed by atoms with E-state index in [9.17, 15) is 9.90 Å². The highest BCUT2D eigenvalue weighted by Crippen LogP contribution is 2.28. The number of aliphatic hydroxyl groups is 1. The Bertz CT molecular complexity index is 354. The van der Waals surface area contributed by atoms with Crippen molar-refractivity contribution < 1.29 is 14.6 Å². The van der Waals surface area contributed by atoms with Crippen LogP contribution in [0.4, 0.5) is 4.79 Å². The predicted molar refractivity (Wildman–Crippen MR) is 82.1 cm³/mol. The molecule has 0 saturated heterocycles. The van der Waals surface area contributed by atoms with Crippen LogP contribution in [0.5, 0.6) is 0 Å². The van der Waals surface area contributed by atoms with Gasteiger partial charge in [0, 0.05) is 24.7 Å². The van der Waals surface area contributed by atoms with E-state index >= 15 is 0 Å². The Morgan fingerprint density at radius 2 is 1.90 bits per heavy atom. The van der Waals surface area contributed by atoms with Gasteiger partial charge in [-0.1, -0.05) is 6.42 Å². The lowest BCUT2D eigenvalue weighted by molar-refractivity contribution is 0.0505. The highest BCUT2D eigenvalue weighted by Gasteiger charge is 2.32. The van der Waals surface area contributed by atoms with Gasteiger partial charge in [-0.15, -0.1) is 0 Å². The summed E-state index contributed by atoms with van der Waals surface area (Å²) in [7, 11) is 0. The summed E-state index contributed by atoms with van der Waals surface area (Å²) in [6.45, 7) is 5.91. The number of carbonyl (C=O) groups is 1. The Morgan fingerprint density at radius 3 is 2.57 bits per heavy atom. The number of aliphatic hydroxyl groups excluding tert-OH is 1. The van der Waals surface area contributed by atoms with Gasteiger partial charge in [0.1, 0.15) is 5.60 Å². The number of hydrogen-bond donors (Lipinski definition) is 3. The molecule has 0 aliphatic heterocycles.